The topological polar surface area (TPSA) is 74.8 Å². The second-order valence-electron chi connectivity index (χ2n) is 8.53. The lowest BCUT2D eigenvalue weighted by Crippen LogP contribution is -2.44. The molecule has 2 aromatic rings. The van der Waals surface area contributed by atoms with Gasteiger partial charge in [-0.05, 0) is 42.3 Å². The van der Waals surface area contributed by atoms with E-state index in [0.717, 1.165) is 22.4 Å². The largest absolute Gasteiger partial charge is 0.342 e. The molecule has 166 valence electrons. The van der Waals surface area contributed by atoms with Gasteiger partial charge in [0.1, 0.15) is 0 Å². The third-order valence-electron chi connectivity index (χ3n) is 6.29. The van der Waals surface area contributed by atoms with Crippen molar-refractivity contribution in [3.8, 4) is 0 Å². The lowest BCUT2D eigenvalue weighted by atomic mass is 10.0. The fourth-order valence-electron chi connectivity index (χ4n) is 4.43. The molecule has 0 radical (unpaired) electrons. The number of hydrogen-bond donors (Lipinski definition) is 0. The highest BCUT2D eigenvalue weighted by Crippen LogP contribution is 2.28. The summed E-state index contributed by atoms with van der Waals surface area (Å²) >= 11 is 1.58. The van der Waals surface area contributed by atoms with E-state index in [1.807, 2.05) is 48.7 Å². The molecular formula is C23H28N2O4S2. The first-order valence-corrected chi connectivity index (χ1v) is 13.4. The molecule has 2 unspecified atom stereocenters. The van der Waals surface area contributed by atoms with Gasteiger partial charge in [0.05, 0.1) is 24.0 Å². The van der Waals surface area contributed by atoms with Crippen LogP contribution in [-0.4, -0.2) is 60.7 Å². The van der Waals surface area contributed by atoms with Crippen LogP contribution < -0.4 is 0 Å². The Kier molecular flexibility index (Phi) is 6.48. The summed E-state index contributed by atoms with van der Waals surface area (Å²) in [4.78, 5) is 30.7. The van der Waals surface area contributed by atoms with Crippen molar-refractivity contribution in [3.05, 3.63) is 57.8 Å². The Labute approximate surface area is 187 Å². The molecular weight excluding hydrogens is 432 g/mol. The van der Waals surface area contributed by atoms with Gasteiger partial charge in [0.25, 0.3) is 0 Å². The van der Waals surface area contributed by atoms with Crippen LogP contribution in [0, 0.1) is 12.8 Å². The monoisotopic (exact) mass is 460 g/mol. The summed E-state index contributed by atoms with van der Waals surface area (Å²) in [5, 5.41) is 1.99. The van der Waals surface area contributed by atoms with E-state index < -0.39 is 15.8 Å². The van der Waals surface area contributed by atoms with Gasteiger partial charge in [-0.25, -0.2) is 8.42 Å². The zero-order chi connectivity index (χ0) is 22.0. The summed E-state index contributed by atoms with van der Waals surface area (Å²) in [5.74, 6) is -0.364. The van der Waals surface area contributed by atoms with E-state index in [9.17, 15) is 18.0 Å². The van der Waals surface area contributed by atoms with Crippen molar-refractivity contribution in [2.75, 3.05) is 24.6 Å². The number of nitrogens with zero attached hydrogens (tertiary/aromatic N) is 2. The van der Waals surface area contributed by atoms with Crippen molar-refractivity contribution >= 4 is 33.0 Å². The molecule has 6 nitrogen and oxygen atoms in total. The number of hydrogen-bond acceptors (Lipinski definition) is 5. The molecule has 2 amide bonds. The summed E-state index contributed by atoms with van der Waals surface area (Å²) < 4.78 is 24.2. The van der Waals surface area contributed by atoms with Crippen molar-refractivity contribution in [1.82, 2.24) is 9.80 Å². The molecule has 4 rings (SSSR count). The molecule has 0 aliphatic carbocycles. The number of rotatable bonds is 7. The van der Waals surface area contributed by atoms with Crippen molar-refractivity contribution in [2.45, 2.75) is 38.8 Å². The molecule has 1 aromatic carbocycles. The van der Waals surface area contributed by atoms with Crippen LogP contribution >= 0.6 is 11.3 Å². The van der Waals surface area contributed by atoms with Crippen LogP contribution in [0.2, 0.25) is 0 Å². The van der Waals surface area contributed by atoms with Crippen LogP contribution in [0.4, 0.5) is 0 Å². The summed E-state index contributed by atoms with van der Waals surface area (Å²) in [7, 11) is -3.12. The smallest absolute Gasteiger partial charge is 0.228 e. The van der Waals surface area contributed by atoms with E-state index in [2.05, 4.69) is 0 Å². The first-order chi connectivity index (χ1) is 14.8. The molecule has 2 saturated heterocycles. The van der Waals surface area contributed by atoms with Gasteiger partial charge in [0.15, 0.2) is 9.84 Å². The summed E-state index contributed by atoms with van der Waals surface area (Å²) in [5.41, 5.74) is 2.27. The van der Waals surface area contributed by atoms with Gasteiger partial charge in [-0.2, -0.15) is 0 Å². The van der Waals surface area contributed by atoms with Crippen LogP contribution in [0.15, 0.2) is 41.8 Å². The van der Waals surface area contributed by atoms with Gasteiger partial charge < -0.3 is 9.80 Å². The third kappa shape index (κ3) is 5.18. The molecule has 0 saturated carbocycles. The standard InChI is InChI=1S/C23H28N2O4S2/c1-17-8-11-30-21(17)15-25(20-9-12-31(28,29)16-20)23(27)19-13-22(26)24(14-19)10-7-18-5-3-2-4-6-18/h2-6,8,11,19-20H,7,9-10,12-16H2,1H3. The maximum absolute atomic E-state index is 13.5. The van der Waals surface area contributed by atoms with Gasteiger partial charge in [-0.3, -0.25) is 9.59 Å². The van der Waals surface area contributed by atoms with Crippen LogP contribution in [0.5, 0.6) is 0 Å². The molecule has 0 spiro atoms. The number of sulfone groups is 1. The summed E-state index contributed by atoms with van der Waals surface area (Å²) in [6.07, 6.45) is 1.43. The van der Waals surface area contributed by atoms with Gasteiger partial charge in [-0.1, -0.05) is 30.3 Å². The fraction of sp³-hybridized carbons (Fsp3) is 0.478. The normalized spacial score (nSPS) is 22.7. The number of amides is 2. The van der Waals surface area contributed by atoms with Crippen LogP contribution in [0.3, 0.4) is 0 Å². The van der Waals surface area contributed by atoms with E-state index in [1.165, 1.54) is 0 Å². The highest BCUT2D eigenvalue weighted by molar-refractivity contribution is 7.91. The van der Waals surface area contributed by atoms with Gasteiger partial charge in [-0.15, -0.1) is 11.3 Å². The van der Waals surface area contributed by atoms with Crippen LogP contribution in [-0.2, 0) is 32.4 Å². The maximum atomic E-state index is 13.5. The predicted molar refractivity (Wildman–Crippen MR) is 121 cm³/mol. The van der Waals surface area contributed by atoms with Crippen molar-refractivity contribution < 1.29 is 18.0 Å². The number of likely N-dealkylation sites (tertiary alicyclic amines) is 1. The third-order valence-corrected chi connectivity index (χ3v) is 9.05. The number of thiophene rings is 1. The molecule has 2 aliphatic rings. The Morgan fingerprint density at radius 3 is 2.65 bits per heavy atom. The lowest BCUT2D eigenvalue weighted by Gasteiger charge is -2.30. The zero-order valence-electron chi connectivity index (χ0n) is 17.7. The van der Waals surface area contributed by atoms with E-state index >= 15 is 0 Å². The fourth-order valence-corrected chi connectivity index (χ4v) is 7.06. The maximum Gasteiger partial charge on any atom is 0.228 e. The minimum atomic E-state index is -3.12. The Balaban J connectivity index is 1.46. The quantitative estimate of drug-likeness (QED) is 0.637. The van der Waals surface area contributed by atoms with Gasteiger partial charge in [0, 0.05) is 30.4 Å². The minimum absolute atomic E-state index is 0.000536. The first-order valence-electron chi connectivity index (χ1n) is 10.7. The first kappa shape index (κ1) is 22.0. The Morgan fingerprint density at radius 2 is 2.00 bits per heavy atom. The van der Waals surface area contributed by atoms with Crippen molar-refractivity contribution in [2.24, 2.45) is 5.92 Å². The van der Waals surface area contributed by atoms with Gasteiger partial charge in [0.2, 0.25) is 11.8 Å². The average Bonchev–Trinajstić information content (AvgIpc) is 3.43. The molecule has 3 heterocycles. The van der Waals surface area contributed by atoms with Crippen LogP contribution in [0.25, 0.3) is 0 Å². The van der Waals surface area contributed by atoms with Gasteiger partial charge >= 0.3 is 0 Å². The summed E-state index contributed by atoms with van der Waals surface area (Å²) in [6.45, 7) is 3.42. The molecule has 1 aromatic heterocycles. The number of benzene rings is 1. The predicted octanol–water partition coefficient (Wildman–Crippen LogP) is 2.66. The highest BCUT2D eigenvalue weighted by atomic mass is 32.2. The number of carbonyl (C=O) groups excluding carboxylic acids is 2. The summed E-state index contributed by atoms with van der Waals surface area (Å²) in [6, 6.07) is 11.7. The zero-order valence-corrected chi connectivity index (χ0v) is 19.3. The Bertz CT molecular complexity index is 1050. The van der Waals surface area contributed by atoms with E-state index in [4.69, 9.17) is 0 Å². The highest BCUT2D eigenvalue weighted by Gasteiger charge is 2.41. The molecule has 31 heavy (non-hydrogen) atoms. The number of carbonyl (C=O) groups is 2. The van der Waals surface area contributed by atoms with Crippen LogP contribution in [0.1, 0.15) is 28.8 Å². The molecule has 2 atom stereocenters. The van der Waals surface area contributed by atoms with Crippen molar-refractivity contribution in [1.29, 1.82) is 0 Å². The lowest BCUT2D eigenvalue weighted by molar-refractivity contribution is -0.138. The molecule has 0 N–H and O–H groups in total. The Hall–Kier alpha value is -2.19. The van der Waals surface area contributed by atoms with E-state index in [1.54, 1.807) is 21.1 Å². The number of aryl methyl sites for hydroxylation is 1. The molecule has 2 aliphatic heterocycles. The average molecular weight is 461 g/mol. The SMILES string of the molecule is Cc1ccsc1CN(C(=O)C1CC(=O)N(CCc2ccccc2)C1)C1CCS(=O)(=O)C1. The van der Waals surface area contributed by atoms with Crippen molar-refractivity contribution in [3.63, 3.8) is 0 Å². The molecule has 2 fully saturated rings. The second-order valence-corrected chi connectivity index (χ2v) is 11.8. The Morgan fingerprint density at radius 1 is 1.23 bits per heavy atom. The van der Waals surface area contributed by atoms with E-state index in [0.29, 0.717) is 26.1 Å². The molecule has 8 heteroatoms. The van der Waals surface area contributed by atoms with E-state index in [-0.39, 0.29) is 35.8 Å². The molecule has 0 bridgehead atoms. The second kappa shape index (κ2) is 9.12. The minimum Gasteiger partial charge on any atom is -0.342 e.